The molecule has 0 amide bonds. The summed E-state index contributed by atoms with van der Waals surface area (Å²) in [6.07, 6.45) is 2.49. The smallest absolute Gasteiger partial charge is 0.191 e. The Morgan fingerprint density at radius 1 is 1.22 bits per heavy atom. The highest BCUT2D eigenvalue weighted by Crippen LogP contribution is 2.12. The summed E-state index contributed by atoms with van der Waals surface area (Å²) in [6.45, 7) is 1.41. The molecule has 0 atom stereocenters. The van der Waals surface area contributed by atoms with Crippen LogP contribution in [0.15, 0.2) is 35.6 Å². The molecule has 0 saturated heterocycles. The SMILES string of the molecule is CN=C(NCCc1ccc(N(C)C)cc1)NCc1ncnn1C. The largest absolute Gasteiger partial charge is 0.378 e. The zero-order valence-electron chi connectivity index (χ0n) is 14.2. The molecule has 0 bridgehead atoms. The van der Waals surface area contributed by atoms with E-state index < -0.39 is 0 Å². The molecule has 0 radical (unpaired) electrons. The molecule has 7 heteroatoms. The number of benzene rings is 1. The summed E-state index contributed by atoms with van der Waals surface area (Å²) in [5, 5.41) is 10.6. The lowest BCUT2D eigenvalue weighted by Crippen LogP contribution is -2.38. The van der Waals surface area contributed by atoms with Crippen LogP contribution in [0.4, 0.5) is 5.69 Å². The molecule has 0 aliphatic carbocycles. The molecule has 0 saturated carbocycles. The Kier molecular flexibility index (Phi) is 5.96. The minimum Gasteiger partial charge on any atom is -0.378 e. The van der Waals surface area contributed by atoms with E-state index in [2.05, 4.69) is 54.9 Å². The van der Waals surface area contributed by atoms with Crippen LogP contribution in [-0.2, 0) is 20.0 Å². The van der Waals surface area contributed by atoms with E-state index in [9.17, 15) is 0 Å². The number of rotatable bonds is 6. The highest BCUT2D eigenvalue weighted by molar-refractivity contribution is 5.79. The first-order valence-corrected chi connectivity index (χ1v) is 7.64. The predicted octanol–water partition coefficient (Wildman–Crippen LogP) is 0.789. The summed E-state index contributed by atoms with van der Waals surface area (Å²) in [5.74, 6) is 1.63. The molecule has 1 aromatic carbocycles. The van der Waals surface area contributed by atoms with Crippen molar-refractivity contribution in [1.82, 2.24) is 25.4 Å². The molecule has 1 aromatic heterocycles. The van der Waals surface area contributed by atoms with Crippen LogP contribution in [0.3, 0.4) is 0 Å². The standard InChI is InChI=1S/C16H25N7/c1-17-16(19-11-15-20-12-21-23(15)4)18-10-9-13-5-7-14(8-6-13)22(2)3/h5-8,12H,9-11H2,1-4H3,(H2,17,18,19). The van der Waals surface area contributed by atoms with Crippen LogP contribution in [0, 0.1) is 0 Å². The third kappa shape index (κ3) is 4.98. The monoisotopic (exact) mass is 315 g/mol. The van der Waals surface area contributed by atoms with Crippen molar-refractivity contribution in [1.29, 1.82) is 0 Å². The van der Waals surface area contributed by atoms with E-state index in [1.807, 2.05) is 21.1 Å². The highest BCUT2D eigenvalue weighted by Gasteiger charge is 2.03. The van der Waals surface area contributed by atoms with E-state index in [1.54, 1.807) is 18.1 Å². The van der Waals surface area contributed by atoms with Crippen molar-refractivity contribution >= 4 is 11.6 Å². The number of aryl methyl sites for hydroxylation is 1. The van der Waals surface area contributed by atoms with Crippen molar-refractivity contribution < 1.29 is 0 Å². The summed E-state index contributed by atoms with van der Waals surface area (Å²) in [5.41, 5.74) is 2.51. The van der Waals surface area contributed by atoms with Gasteiger partial charge in [-0.3, -0.25) is 9.67 Å². The summed E-state index contributed by atoms with van der Waals surface area (Å²) >= 11 is 0. The Bertz CT molecular complexity index is 628. The van der Waals surface area contributed by atoms with Gasteiger partial charge in [0.25, 0.3) is 0 Å². The first-order chi connectivity index (χ1) is 11.1. The van der Waals surface area contributed by atoms with Gasteiger partial charge >= 0.3 is 0 Å². The fraction of sp³-hybridized carbons (Fsp3) is 0.438. The molecular formula is C16H25N7. The number of aliphatic imine (C=N–C) groups is 1. The maximum absolute atomic E-state index is 4.22. The Balaban J connectivity index is 1.76. The van der Waals surface area contributed by atoms with Crippen LogP contribution in [0.2, 0.25) is 0 Å². The molecule has 0 aliphatic rings. The van der Waals surface area contributed by atoms with Gasteiger partial charge in [-0.25, -0.2) is 4.98 Å². The van der Waals surface area contributed by atoms with E-state index in [0.717, 1.165) is 24.7 Å². The average Bonchev–Trinajstić information content (AvgIpc) is 2.96. The average molecular weight is 315 g/mol. The minimum atomic E-state index is 0.591. The Labute approximate surface area is 137 Å². The highest BCUT2D eigenvalue weighted by atomic mass is 15.3. The Morgan fingerprint density at radius 3 is 2.52 bits per heavy atom. The van der Waals surface area contributed by atoms with Crippen molar-refractivity contribution in [2.24, 2.45) is 12.0 Å². The second kappa shape index (κ2) is 8.17. The van der Waals surface area contributed by atoms with Crippen LogP contribution in [0.25, 0.3) is 0 Å². The van der Waals surface area contributed by atoms with Gasteiger partial charge in [0.15, 0.2) is 5.96 Å². The second-order valence-corrected chi connectivity index (χ2v) is 5.46. The first kappa shape index (κ1) is 16.8. The minimum absolute atomic E-state index is 0.591. The van der Waals surface area contributed by atoms with Crippen LogP contribution < -0.4 is 15.5 Å². The molecule has 0 spiro atoms. The van der Waals surface area contributed by atoms with Crippen LogP contribution in [-0.4, -0.2) is 48.4 Å². The van der Waals surface area contributed by atoms with Crippen molar-refractivity contribution in [3.8, 4) is 0 Å². The number of hydrogen-bond acceptors (Lipinski definition) is 4. The van der Waals surface area contributed by atoms with E-state index in [-0.39, 0.29) is 0 Å². The molecule has 7 nitrogen and oxygen atoms in total. The van der Waals surface area contributed by atoms with Crippen molar-refractivity contribution in [2.75, 3.05) is 32.6 Å². The number of nitrogens with one attached hydrogen (secondary N) is 2. The Morgan fingerprint density at radius 2 is 1.96 bits per heavy atom. The predicted molar refractivity (Wildman–Crippen MR) is 93.7 cm³/mol. The molecular weight excluding hydrogens is 290 g/mol. The summed E-state index contributed by atoms with van der Waals surface area (Å²) in [7, 11) is 7.72. The van der Waals surface area contributed by atoms with Gasteiger partial charge in [0.1, 0.15) is 12.2 Å². The zero-order chi connectivity index (χ0) is 16.7. The number of aromatic nitrogens is 3. The summed E-state index contributed by atoms with van der Waals surface area (Å²) in [4.78, 5) is 10.5. The van der Waals surface area contributed by atoms with Crippen LogP contribution in [0.1, 0.15) is 11.4 Å². The zero-order valence-corrected chi connectivity index (χ0v) is 14.2. The second-order valence-electron chi connectivity index (χ2n) is 5.46. The lowest BCUT2D eigenvalue weighted by molar-refractivity contribution is 0.672. The lowest BCUT2D eigenvalue weighted by Gasteiger charge is -2.13. The van der Waals surface area contributed by atoms with Crippen LogP contribution >= 0.6 is 0 Å². The summed E-state index contributed by atoms with van der Waals surface area (Å²) in [6, 6.07) is 8.59. The lowest BCUT2D eigenvalue weighted by atomic mass is 10.1. The van der Waals surface area contributed by atoms with Gasteiger partial charge in [-0.2, -0.15) is 5.10 Å². The van der Waals surface area contributed by atoms with E-state index >= 15 is 0 Å². The molecule has 23 heavy (non-hydrogen) atoms. The molecule has 0 aliphatic heterocycles. The molecule has 0 fully saturated rings. The molecule has 2 N–H and O–H groups in total. The van der Waals surface area contributed by atoms with Gasteiger partial charge in [-0.05, 0) is 24.1 Å². The number of hydrogen-bond donors (Lipinski definition) is 2. The van der Waals surface area contributed by atoms with Gasteiger partial charge in [0.2, 0.25) is 0 Å². The maximum Gasteiger partial charge on any atom is 0.191 e. The van der Waals surface area contributed by atoms with Crippen molar-refractivity contribution in [2.45, 2.75) is 13.0 Å². The van der Waals surface area contributed by atoms with Crippen molar-refractivity contribution in [3.05, 3.63) is 42.0 Å². The van der Waals surface area contributed by atoms with Gasteiger partial charge in [-0.1, -0.05) is 12.1 Å². The number of anilines is 1. The summed E-state index contributed by atoms with van der Waals surface area (Å²) < 4.78 is 1.74. The van der Waals surface area contributed by atoms with Crippen molar-refractivity contribution in [3.63, 3.8) is 0 Å². The van der Waals surface area contributed by atoms with Gasteiger partial charge in [-0.15, -0.1) is 0 Å². The fourth-order valence-corrected chi connectivity index (χ4v) is 2.15. The van der Waals surface area contributed by atoms with E-state index in [1.165, 1.54) is 11.3 Å². The number of nitrogens with zero attached hydrogens (tertiary/aromatic N) is 5. The molecule has 1 heterocycles. The van der Waals surface area contributed by atoms with E-state index in [0.29, 0.717) is 6.54 Å². The third-order valence-corrected chi connectivity index (χ3v) is 3.60. The van der Waals surface area contributed by atoms with Gasteiger partial charge < -0.3 is 15.5 Å². The maximum atomic E-state index is 4.22. The normalized spacial score (nSPS) is 11.4. The van der Waals surface area contributed by atoms with E-state index in [4.69, 9.17) is 0 Å². The molecule has 0 unspecified atom stereocenters. The fourth-order valence-electron chi connectivity index (χ4n) is 2.15. The Hall–Kier alpha value is -2.57. The molecule has 124 valence electrons. The third-order valence-electron chi connectivity index (χ3n) is 3.60. The first-order valence-electron chi connectivity index (χ1n) is 7.64. The molecule has 2 aromatic rings. The topological polar surface area (TPSA) is 70.4 Å². The van der Waals surface area contributed by atoms with Gasteiger partial charge in [0, 0.05) is 40.4 Å². The number of guanidine groups is 1. The molecule has 2 rings (SSSR count). The van der Waals surface area contributed by atoms with Crippen LogP contribution in [0.5, 0.6) is 0 Å². The van der Waals surface area contributed by atoms with Gasteiger partial charge in [0.05, 0.1) is 6.54 Å². The quantitative estimate of drug-likeness (QED) is 0.609.